The Hall–Kier alpha value is -0.760. The number of halogens is 3. The second-order valence-electron chi connectivity index (χ2n) is 3.11. The normalized spacial score (nSPS) is 12.5. The van der Waals surface area contributed by atoms with E-state index in [2.05, 4.69) is 10.2 Å². The van der Waals surface area contributed by atoms with Crippen molar-refractivity contribution in [3.63, 3.8) is 0 Å². The van der Waals surface area contributed by atoms with Gasteiger partial charge >= 0.3 is 5.51 Å². The van der Waals surface area contributed by atoms with Gasteiger partial charge in [-0.1, -0.05) is 0 Å². The summed E-state index contributed by atoms with van der Waals surface area (Å²) in [5.74, 6) is 0.358. The van der Waals surface area contributed by atoms with Crippen molar-refractivity contribution in [1.29, 1.82) is 0 Å². The smallest absolute Gasteiger partial charge is 0.324 e. The standard InChI is InChI=1S/C7H11F3N4S/c1-4(2)14-5(3-11)12-13-6(14)15-7(8,9)10/h4H,3,11H2,1-2H3. The molecule has 0 atom stereocenters. The molecule has 0 fully saturated rings. The first-order valence-corrected chi connectivity index (χ1v) is 5.06. The van der Waals surface area contributed by atoms with Crippen LogP contribution < -0.4 is 5.73 Å². The van der Waals surface area contributed by atoms with Crippen molar-refractivity contribution in [2.75, 3.05) is 0 Å². The molecule has 0 saturated heterocycles. The lowest BCUT2D eigenvalue weighted by molar-refractivity contribution is -0.0332. The first-order chi connectivity index (χ1) is 6.85. The van der Waals surface area contributed by atoms with Crippen molar-refractivity contribution >= 4 is 11.8 Å². The highest BCUT2D eigenvalue weighted by molar-refractivity contribution is 8.00. The van der Waals surface area contributed by atoms with E-state index in [1.165, 1.54) is 4.57 Å². The summed E-state index contributed by atoms with van der Waals surface area (Å²) in [6.45, 7) is 3.58. The predicted molar refractivity (Wildman–Crippen MR) is 50.2 cm³/mol. The highest BCUT2D eigenvalue weighted by Crippen LogP contribution is 2.36. The minimum atomic E-state index is -4.36. The molecule has 0 aliphatic heterocycles. The number of hydrogen-bond acceptors (Lipinski definition) is 4. The molecule has 0 aliphatic carbocycles. The molecule has 0 saturated carbocycles. The maximum Gasteiger partial charge on any atom is 0.449 e. The maximum absolute atomic E-state index is 12.1. The Balaban J connectivity index is 3.03. The number of alkyl halides is 3. The number of nitrogens with two attached hydrogens (primary N) is 1. The third-order valence-electron chi connectivity index (χ3n) is 1.64. The topological polar surface area (TPSA) is 56.7 Å². The van der Waals surface area contributed by atoms with Gasteiger partial charge in [-0.2, -0.15) is 13.2 Å². The molecule has 0 radical (unpaired) electrons. The Morgan fingerprint density at radius 3 is 2.40 bits per heavy atom. The number of hydrogen-bond donors (Lipinski definition) is 1. The first-order valence-electron chi connectivity index (χ1n) is 4.24. The molecule has 0 bridgehead atoms. The molecule has 0 aliphatic rings. The molecule has 8 heteroatoms. The van der Waals surface area contributed by atoms with Crippen molar-refractivity contribution in [3.8, 4) is 0 Å². The summed E-state index contributed by atoms with van der Waals surface area (Å²) in [6, 6.07) is -0.150. The molecular formula is C7H11F3N4S. The summed E-state index contributed by atoms with van der Waals surface area (Å²) in [7, 11) is 0. The highest BCUT2D eigenvalue weighted by Gasteiger charge is 2.33. The zero-order chi connectivity index (χ0) is 11.6. The Morgan fingerprint density at radius 1 is 1.40 bits per heavy atom. The fourth-order valence-corrected chi connectivity index (χ4v) is 1.84. The van der Waals surface area contributed by atoms with Gasteiger partial charge in [-0.25, -0.2) is 0 Å². The maximum atomic E-state index is 12.1. The third kappa shape index (κ3) is 3.10. The molecule has 2 N–H and O–H groups in total. The Kier molecular flexibility index (Phi) is 3.61. The summed E-state index contributed by atoms with van der Waals surface area (Å²) in [5, 5.41) is 6.91. The van der Waals surface area contributed by atoms with E-state index in [-0.39, 0.29) is 29.5 Å². The van der Waals surface area contributed by atoms with Gasteiger partial charge in [0.05, 0.1) is 6.54 Å². The highest BCUT2D eigenvalue weighted by atomic mass is 32.2. The monoisotopic (exact) mass is 240 g/mol. The predicted octanol–water partition coefficient (Wildman–Crippen LogP) is 1.93. The Bertz CT molecular complexity index is 333. The summed E-state index contributed by atoms with van der Waals surface area (Å²) in [4.78, 5) is 0. The van der Waals surface area contributed by atoms with Crippen LogP contribution >= 0.6 is 11.8 Å². The average Bonchev–Trinajstić information content (AvgIpc) is 2.44. The zero-order valence-electron chi connectivity index (χ0n) is 8.25. The van der Waals surface area contributed by atoms with Crippen molar-refractivity contribution in [2.24, 2.45) is 5.73 Å². The van der Waals surface area contributed by atoms with Crippen LogP contribution in [0.4, 0.5) is 13.2 Å². The molecule has 1 rings (SSSR count). The molecular weight excluding hydrogens is 229 g/mol. The average molecular weight is 240 g/mol. The van der Waals surface area contributed by atoms with Crippen LogP contribution in [0.3, 0.4) is 0 Å². The fraction of sp³-hybridized carbons (Fsp3) is 0.714. The van der Waals surface area contributed by atoms with Gasteiger partial charge in [-0.3, -0.25) is 0 Å². The van der Waals surface area contributed by atoms with Crippen molar-refractivity contribution < 1.29 is 13.2 Å². The number of rotatable bonds is 3. The molecule has 0 amide bonds. The zero-order valence-corrected chi connectivity index (χ0v) is 9.06. The molecule has 4 nitrogen and oxygen atoms in total. The lowest BCUT2D eigenvalue weighted by Gasteiger charge is -2.13. The summed E-state index contributed by atoms with van der Waals surface area (Å²) in [6.07, 6.45) is 0. The molecule has 1 aromatic rings. The van der Waals surface area contributed by atoms with Gasteiger partial charge in [0.15, 0.2) is 5.16 Å². The SMILES string of the molecule is CC(C)n1c(CN)nnc1SC(F)(F)F. The molecule has 86 valence electrons. The van der Waals surface area contributed by atoms with Crippen LogP contribution in [0.1, 0.15) is 25.7 Å². The van der Waals surface area contributed by atoms with Gasteiger partial charge in [0.1, 0.15) is 5.82 Å². The van der Waals surface area contributed by atoms with Gasteiger partial charge in [0.25, 0.3) is 0 Å². The van der Waals surface area contributed by atoms with E-state index < -0.39 is 5.51 Å². The molecule has 1 heterocycles. The van der Waals surface area contributed by atoms with Crippen LogP contribution in [0.5, 0.6) is 0 Å². The molecule has 1 aromatic heterocycles. The van der Waals surface area contributed by atoms with E-state index in [0.717, 1.165) is 0 Å². The van der Waals surface area contributed by atoms with Crippen molar-refractivity contribution in [3.05, 3.63) is 5.82 Å². The van der Waals surface area contributed by atoms with E-state index in [9.17, 15) is 13.2 Å². The van der Waals surface area contributed by atoms with Crippen molar-refractivity contribution in [2.45, 2.75) is 37.1 Å². The number of aromatic nitrogens is 3. The summed E-state index contributed by atoms with van der Waals surface area (Å²) >= 11 is -0.274. The van der Waals surface area contributed by atoms with Gasteiger partial charge < -0.3 is 10.3 Å². The van der Waals surface area contributed by atoms with Crippen LogP contribution in [-0.4, -0.2) is 20.3 Å². The quantitative estimate of drug-likeness (QED) is 0.820. The lowest BCUT2D eigenvalue weighted by Crippen LogP contribution is -2.13. The van der Waals surface area contributed by atoms with E-state index in [1.807, 2.05) is 0 Å². The van der Waals surface area contributed by atoms with Gasteiger partial charge in [-0.15, -0.1) is 10.2 Å². The Morgan fingerprint density at radius 2 is 2.00 bits per heavy atom. The first kappa shape index (κ1) is 12.3. The van der Waals surface area contributed by atoms with Gasteiger partial charge in [0.2, 0.25) is 0 Å². The number of nitrogens with zero attached hydrogens (tertiary/aromatic N) is 3. The van der Waals surface area contributed by atoms with Crippen LogP contribution in [0, 0.1) is 0 Å². The minimum Gasteiger partial charge on any atom is -0.324 e. The van der Waals surface area contributed by atoms with Crippen LogP contribution in [0.2, 0.25) is 0 Å². The molecule has 0 aromatic carbocycles. The van der Waals surface area contributed by atoms with Crippen LogP contribution in [-0.2, 0) is 6.54 Å². The molecule has 0 unspecified atom stereocenters. The summed E-state index contributed by atoms with van der Waals surface area (Å²) in [5.41, 5.74) is 0.996. The summed E-state index contributed by atoms with van der Waals surface area (Å²) < 4.78 is 37.8. The van der Waals surface area contributed by atoms with Crippen LogP contribution in [0.25, 0.3) is 0 Å². The van der Waals surface area contributed by atoms with E-state index >= 15 is 0 Å². The minimum absolute atomic E-state index is 0.0730. The van der Waals surface area contributed by atoms with Gasteiger partial charge in [0, 0.05) is 17.8 Å². The van der Waals surface area contributed by atoms with E-state index in [1.54, 1.807) is 13.8 Å². The van der Waals surface area contributed by atoms with Gasteiger partial charge in [-0.05, 0) is 13.8 Å². The largest absolute Gasteiger partial charge is 0.449 e. The second-order valence-corrected chi connectivity index (χ2v) is 4.15. The lowest BCUT2D eigenvalue weighted by atomic mass is 10.4. The van der Waals surface area contributed by atoms with E-state index in [0.29, 0.717) is 5.82 Å². The second kappa shape index (κ2) is 4.40. The van der Waals surface area contributed by atoms with E-state index in [4.69, 9.17) is 5.73 Å². The fourth-order valence-electron chi connectivity index (χ4n) is 1.14. The number of thioether (sulfide) groups is 1. The third-order valence-corrected chi connectivity index (χ3v) is 2.33. The molecule has 0 spiro atoms. The molecule has 15 heavy (non-hydrogen) atoms. The van der Waals surface area contributed by atoms with Crippen molar-refractivity contribution in [1.82, 2.24) is 14.8 Å². The Labute approximate surface area is 89.0 Å². The van der Waals surface area contributed by atoms with Crippen LogP contribution in [0.15, 0.2) is 5.16 Å².